The second kappa shape index (κ2) is 8.79. The lowest BCUT2D eigenvalue weighted by atomic mass is 9.86. The number of ether oxygens (including phenoxy) is 1. The van der Waals surface area contributed by atoms with Gasteiger partial charge < -0.3 is 15.4 Å². The number of halogens is 1. The third-order valence-corrected chi connectivity index (χ3v) is 6.52. The van der Waals surface area contributed by atoms with Crippen LogP contribution in [0.15, 0.2) is 24.3 Å². The Morgan fingerprint density at radius 1 is 1.24 bits per heavy atom. The summed E-state index contributed by atoms with van der Waals surface area (Å²) in [5, 5.41) is 5.98. The first kappa shape index (κ1) is 20.3. The molecule has 3 fully saturated rings. The van der Waals surface area contributed by atoms with Crippen LogP contribution >= 0.6 is 0 Å². The minimum atomic E-state index is -1.14. The topological polar surface area (TPSA) is 70.7 Å². The van der Waals surface area contributed by atoms with Crippen molar-refractivity contribution < 1.29 is 18.7 Å². The number of hydrogen-bond donors (Lipinski definition) is 2. The Bertz CT molecular complexity index is 735. The normalized spacial score (nSPS) is 28.4. The van der Waals surface area contributed by atoms with Gasteiger partial charge in [0.1, 0.15) is 5.82 Å². The van der Waals surface area contributed by atoms with Gasteiger partial charge in [-0.25, -0.2) is 4.39 Å². The van der Waals surface area contributed by atoms with Crippen LogP contribution in [0.25, 0.3) is 0 Å². The number of benzene rings is 1. The van der Waals surface area contributed by atoms with Crippen molar-refractivity contribution >= 4 is 11.8 Å². The lowest BCUT2D eigenvalue weighted by Gasteiger charge is -2.36. The molecular formula is C22H30FN3O3. The number of nitrogens with zero attached hydrogens (tertiary/aromatic N) is 1. The summed E-state index contributed by atoms with van der Waals surface area (Å²) in [7, 11) is 0. The summed E-state index contributed by atoms with van der Waals surface area (Å²) >= 11 is 0. The predicted octanol–water partition coefficient (Wildman–Crippen LogP) is 1.84. The van der Waals surface area contributed by atoms with Gasteiger partial charge in [0.05, 0.1) is 12.5 Å². The van der Waals surface area contributed by atoms with Gasteiger partial charge in [-0.15, -0.1) is 0 Å². The first-order chi connectivity index (χ1) is 14.1. The van der Waals surface area contributed by atoms with Crippen LogP contribution in [0.1, 0.15) is 37.7 Å². The van der Waals surface area contributed by atoms with Gasteiger partial charge >= 0.3 is 0 Å². The molecule has 2 aliphatic heterocycles. The van der Waals surface area contributed by atoms with Gasteiger partial charge in [0.25, 0.3) is 5.91 Å². The molecule has 2 atom stereocenters. The second-order valence-electron chi connectivity index (χ2n) is 8.59. The largest absolute Gasteiger partial charge is 0.361 e. The van der Waals surface area contributed by atoms with E-state index in [2.05, 4.69) is 15.5 Å². The van der Waals surface area contributed by atoms with E-state index in [0.29, 0.717) is 45.2 Å². The molecule has 0 unspecified atom stereocenters. The van der Waals surface area contributed by atoms with E-state index in [0.717, 1.165) is 18.4 Å². The molecule has 1 spiro atoms. The molecule has 3 aliphatic rings. The number of nitrogens with one attached hydrogen (secondary N) is 2. The van der Waals surface area contributed by atoms with Crippen LogP contribution in [0.3, 0.4) is 0 Å². The SMILES string of the molecule is O=C(NCC1CCCCC1)[C@H]1CN(Cc2ccc(F)cc2)C[C@@]12OCCNC2=O. The molecule has 2 saturated heterocycles. The average Bonchev–Trinajstić information content (AvgIpc) is 3.10. The molecule has 1 aromatic carbocycles. The van der Waals surface area contributed by atoms with E-state index >= 15 is 0 Å². The summed E-state index contributed by atoms with van der Waals surface area (Å²) < 4.78 is 19.2. The van der Waals surface area contributed by atoms with E-state index in [4.69, 9.17) is 4.74 Å². The molecule has 158 valence electrons. The summed E-state index contributed by atoms with van der Waals surface area (Å²) in [5.74, 6) is -0.604. The van der Waals surface area contributed by atoms with Crippen LogP contribution in [0.5, 0.6) is 0 Å². The third-order valence-electron chi connectivity index (χ3n) is 6.52. The first-order valence-corrected chi connectivity index (χ1v) is 10.7. The number of carbonyl (C=O) groups excluding carboxylic acids is 2. The van der Waals surface area contributed by atoms with Crippen molar-refractivity contribution in [2.75, 3.05) is 32.8 Å². The van der Waals surface area contributed by atoms with Gasteiger partial charge in [-0.05, 0) is 36.5 Å². The van der Waals surface area contributed by atoms with E-state index in [1.54, 1.807) is 12.1 Å². The predicted molar refractivity (Wildman–Crippen MR) is 106 cm³/mol. The molecule has 1 aromatic rings. The maximum absolute atomic E-state index is 13.2. The number of carbonyl (C=O) groups is 2. The fourth-order valence-corrected chi connectivity index (χ4v) is 4.92. The number of morpholine rings is 1. The summed E-state index contributed by atoms with van der Waals surface area (Å²) in [6.45, 7) is 2.90. The Labute approximate surface area is 171 Å². The molecule has 0 radical (unpaired) electrons. The van der Waals surface area contributed by atoms with Crippen molar-refractivity contribution in [1.82, 2.24) is 15.5 Å². The van der Waals surface area contributed by atoms with Crippen LogP contribution < -0.4 is 10.6 Å². The van der Waals surface area contributed by atoms with E-state index in [1.165, 1.54) is 31.4 Å². The molecule has 2 heterocycles. The minimum Gasteiger partial charge on any atom is -0.361 e. The van der Waals surface area contributed by atoms with Crippen molar-refractivity contribution in [1.29, 1.82) is 0 Å². The Morgan fingerprint density at radius 2 is 2.00 bits per heavy atom. The van der Waals surface area contributed by atoms with Crippen LogP contribution in [-0.4, -0.2) is 55.1 Å². The quantitative estimate of drug-likeness (QED) is 0.787. The highest BCUT2D eigenvalue weighted by Crippen LogP contribution is 2.34. The zero-order valence-electron chi connectivity index (χ0n) is 16.8. The average molecular weight is 403 g/mol. The van der Waals surface area contributed by atoms with Crippen molar-refractivity contribution in [3.05, 3.63) is 35.6 Å². The van der Waals surface area contributed by atoms with Crippen molar-refractivity contribution in [2.45, 2.75) is 44.2 Å². The van der Waals surface area contributed by atoms with Gasteiger partial charge in [0, 0.05) is 32.7 Å². The smallest absolute Gasteiger partial charge is 0.254 e. The van der Waals surface area contributed by atoms with Gasteiger partial charge in [0.2, 0.25) is 5.91 Å². The Balaban J connectivity index is 1.45. The molecule has 6 nitrogen and oxygen atoms in total. The molecule has 1 aliphatic carbocycles. The van der Waals surface area contributed by atoms with Crippen LogP contribution in [0.2, 0.25) is 0 Å². The monoisotopic (exact) mass is 403 g/mol. The fraction of sp³-hybridized carbons (Fsp3) is 0.636. The zero-order valence-corrected chi connectivity index (χ0v) is 16.8. The van der Waals surface area contributed by atoms with Crippen LogP contribution in [0.4, 0.5) is 4.39 Å². The Hall–Kier alpha value is -1.99. The van der Waals surface area contributed by atoms with Gasteiger partial charge in [-0.1, -0.05) is 31.4 Å². The molecule has 2 N–H and O–H groups in total. The van der Waals surface area contributed by atoms with E-state index < -0.39 is 11.5 Å². The fourth-order valence-electron chi connectivity index (χ4n) is 4.92. The van der Waals surface area contributed by atoms with E-state index in [-0.39, 0.29) is 17.6 Å². The number of likely N-dealkylation sites (tertiary alicyclic amines) is 1. The zero-order chi connectivity index (χ0) is 20.3. The van der Waals surface area contributed by atoms with Gasteiger partial charge in [-0.3, -0.25) is 14.5 Å². The van der Waals surface area contributed by atoms with E-state index in [1.807, 2.05) is 0 Å². The summed E-state index contributed by atoms with van der Waals surface area (Å²) in [6.07, 6.45) is 6.05. The number of hydrogen-bond acceptors (Lipinski definition) is 4. The molecule has 29 heavy (non-hydrogen) atoms. The number of amides is 2. The molecule has 1 saturated carbocycles. The first-order valence-electron chi connectivity index (χ1n) is 10.7. The molecule has 0 bridgehead atoms. The lowest BCUT2D eigenvalue weighted by molar-refractivity contribution is -0.163. The van der Waals surface area contributed by atoms with Crippen molar-refractivity contribution in [2.24, 2.45) is 11.8 Å². The second-order valence-corrected chi connectivity index (χ2v) is 8.59. The Kier molecular flexibility index (Phi) is 6.15. The Morgan fingerprint density at radius 3 is 2.72 bits per heavy atom. The standard InChI is InChI=1S/C22H30FN3O3/c23-18-8-6-17(7-9-18)13-26-14-19(22(15-26)21(28)24-10-11-29-22)20(27)25-12-16-4-2-1-3-5-16/h6-9,16,19H,1-5,10-15H2,(H,24,28)(H,25,27)/t19-,22-/m1/s1. The van der Waals surface area contributed by atoms with E-state index in [9.17, 15) is 14.0 Å². The lowest BCUT2D eigenvalue weighted by Crippen LogP contribution is -2.62. The number of rotatable bonds is 5. The van der Waals surface area contributed by atoms with Gasteiger partial charge in [0.15, 0.2) is 5.60 Å². The molecular weight excluding hydrogens is 373 g/mol. The summed E-state index contributed by atoms with van der Waals surface area (Å²) in [4.78, 5) is 28.0. The van der Waals surface area contributed by atoms with Gasteiger partial charge in [-0.2, -0.15) is 0 Å². The van der Waals surface area contributed by atoms with Crippen LogP contribution in [0, 0.1) is 17.7 Å². The minimum absolute atomic E-state index is 0.103. The highest BCUT2D eigenvalue weighted by molar-refractivity contribution is 5.94. The molecule has 7 heteroatoms. The molecule has 4 rings (SSSR count). The third kappa shape index (κ3) is 4.46. The maximum Gasteiger partial charge on any atom is 0.254 e. The maximum atomic E-state index is 13.2. The summed E-state index contributed by atoms with van der Waals surface area (Å²) in [5.41, 5.74) is -0.199. The highest BCUT2D eigenvalue weighted by atomic mass is 19.1. The van der Waals surface area contributed by atoms with Crippen LogP contribution in [-0.2, 0) is 20.9 Å². The molecule has 2 amide bonds. The highest BCUT2D eigenvalue weighted by Gasteiger charge is 2.57. The molecule has 0 aromatic heterocycles. The summed E-state index contributed by atoms with van der Waals surface area (Å²) in [6, 6.07) is 6.33. The van der Waals surface area contributed by atoms with Crippen molar-refractivity contribution in [3.63, 3.8) is 0 Å². The van der Waals surface area contributed by atoms with Crippen molar-refractivity contribution in [3.8, 4) is 0 Å².